The van der Waals surface area contributed by atoms with E-state index in [0.29, 0.717) is 0 Å². The number of anilines is 1. The van der Waals surface area contributed by atoms with E-state index in [1.54, 1.807) is 6.20 Å². The van der Waals surface area contributed by atoms with Crippen LogP contribution in [-0.4, -0.2) is 16.7 Å². The van der Waals surface area contributed by atoms with E-state index in [9.17, 15) is 0 Å². The molecule has 64 valence electrons. The maximum atomic E-state index is 4.14. The number of fused-ring (bicyclic) bond motifs is 3. The number of hydrogen-bond acceptors (Lipinski definition) is 3. The number of benzene rings is 1. The molecule has 0 saturated heterocycles. The Morgan fingerprint density at radius 1 is 1.23 bits per heavy atom. The van der Waals surface area contributed by atoms with E-state index < -0.39 is 0 Å². The minimum absolute atomic E-state index is 0.998. The van der Waals surface area contributed by atoms with E-state index in [-0.39, 0.29) is 0 Å². The van der Waals surface area contributed by atoms with Crippen LogP contribution < -0.4 is 5.32 Å². The fourth-order valence-corrected chi connectivity index (χ4v) is 1.82. The third-order valence-corrected chi connectivity index (χ3v) is 2.47. The summed E-state index contributed by atoms with van der Waals surface area (Å²) in [4.78, 5) is 0. The van der Waals surface area contributed by atoms with Gasteiger partial charge in [0.05, 0.1) is 11.9 Å². The molecule has 0 atom stereocenters. The van der Waals surface area contributed by atoms with Crippen molar-refractivity contribution in [2.75, 3.05) is 11.9 Å². The first-order valence-corrected chi connectivity index (χ1v) is 4.42. The normalized spacial score (nSPS) is 14.2. The van der Waals surface area contributed by atoms with Gasteiger partial charge in [-0.1, -0.05) is 12.1 Å². The van der Waals surface area contributed by atoms with E-state index in [0.717, 1.165) is 23.9 Å². The predicted octanol–water partition coefficient (Wildman–Crippen LogP) is 1.60. The highest BCUT2D eigenvalue weighted by molar-refractivity contribution is 5.92. The lowest BCUT2D eigenvalue weighted by molar-refractivity contribution is 1.08. The Morgan fingerprint density at radius 2 is 2.23 bits per heavy atom. The van der Waals surface area contributed by atoms with Crippen LogP contribution in [-0.2, 0) is 6.42 Å². The number of nitrogens with one attached hydrogen (secondary N) is 1. The van der Waals surface area contributed by atoms with Crippen molar-refractivity contribution in [2.24, 2.45) is 0 Å². The molecule has 1 aromatic heterocycles. The first kappa shape index (κ1) is 6.83. The van der Waals surface area contributed by atoms with Gasteiger partial charge < -0.3 is 5.32 Å². The van der Waals surface area contributed by atoms with Crippen LogP contribution in [0.2, 0.25) is 0 Å². The third kappa shape index (κ3) is 0.900. The zero-order valence-electron chi connectivity index (χ0n) is 7.12. The van der Waals surface area contributed by atoms with E-state index in [4.69, 9.17) is 0 Å². The van der Waals surface area contributed by atoms with Crippen LogP contribution >= 0.6 is 0 Å². The van der Waals surface area contributed by atoms with Crippen molar-refractivity contribution < 1.29 is 0 Å². The molecule has 1 aromatic carbocycles. The highest BCUT2D eigenvalue weighted by Crippen LogP contribution is 2.28. The van der Waals surface area contributed by atoms with Gasteiger partial charge in [0, 0.05) is 11.9 Å². The molecule has 1 aliphatic rings. The van der Waals surface area contributed by atoms with Gasteiger partial charge in [0.2, 0.25) is 0 Å². The minimum Gasteiger partial charge on any atom is -0.383 e. The first-order valence-electron chi connectivity index (χ1n) is 4.42. The molecule has 0 spiro atoms. The molecule has 13 heavy (non-hydrogen) atoms. The molecule has 0 radical (unpaired) electrons. The quantitative estimate of drug-likeness (QED) is 0.654. The van der Waals surface area contributed by atoms with Crippen LogP contribution in [0.25, 0.3) is 10.9 Å². The summed E-state index contributed by atoms with van der Waals surface area (Å²) < 4.78 is 0. The Hall–Kier alpha value is -1.64. The lowest BCUT2D eigenvalue weighted by Gasteiger charge is -2.02. The summed E-state index contributed by atoms with van der Waals surface area (Å²) in [6.07, 6.45) is 2.82. The number of rotatable bonds is 0. The molecule has 0 unspecified atom stereocenters. The molecule has 2 heterocycles. The zero-order chi connectivity index (χ0) is 8.67. The van der Waals surface area contributed by atoms with Gasteiger partial charge >= 0.3 is 0 Å². The van der Waals surface area contributed by atoms with Crippen molar-refractivity contribution in [3.63, 3.8) is 0 Å². The van der Waals surface area contributed by atoms with E-state index in [2.05, 4.69) is 27.6 Å². The summed E-state index contributed by atoms with van der Waals surface area (Å²) in [5.74, 6) is 0. The Morgan fingerprint density at radius 3 is 3.23 bits per heavy atom. The molecule has 0 bridgehead atoms. The Labute approximate surface area is 75.8 Å². The summed E-state index contributed by atoms with van der Waals surface area (Å²) in [5.41, 5.74) is 3.52. The third-order valence-electron chi connectivity index (χ3n) is 2.47. The lowest BCUT2D eigenvalue weighted by Crippen LogP contribution is -1.93. The highest BCUT2D eigenvalue weighted by Gasteiger charge is 2.13. The largest absolute Gasteiger partial charge is 0.383 e. The second-order valence-corrected chi connectivity index (χ2v) is 3.25. The van der Waals surface area contributed by atoms with Gasteiger partial charge in [-0.2, -0.15) is 5.10 Å². The van der Waals surface area contributed by atoms with Gasteiger partial charge in [-0.25, -0.2) is 0 Å². The monoisotopic (exact) mass is 171 g/mol. The summed E-state index contributed by atoms with van der Waals surface area (Å²) in [7, 11) is 0. The molecule has 3 rings (SSSR count). The maximum Gasteiger partial charge on any atom is 0.116 e. The van der Waals surface area contributed by atoms with Crippen LogP contribution in [0.5, 0.6) is 0 Å². The van der Waals surface area contributed by atoms with Crippen molar-refractivity contribution in [1.82, 2.24) is 10.2 Å². The van der Waals surface area contributed by atoms with E-state index in [1.807, 2.05) is 6.07 Å². The summed E-state index contributed by atoms with van der Waals surface area (Å²) in [6.45, 7) is 1.02. The molecular formula is C10H9N3. The second kappa shape index (κ2) is 2.42. The zero-order valence-corrected chi connectivity index (χ0v) is 7.12. The van der Waals surface area contributed by atoms with Crippen molar-refractivity contribution >= 4 is 16.6 Å². The molecule has 1 N–H and O–H groups in total. The van der Waals surface area contributed by atoms with Gasteiger partial charge in [0.15, 0.2) is 0 Å². The standard InChI is InChI=1S/C10H9N3/c1-2-8-4-6-12-13-10(8)9-7(1)3-5-11-9/h1-2,4,6,11H,3,5H2. The predicted molar refractivity (Wildman–Crippen MR) is 51.7 cm³/mol. The van der Waals surface area contributed by atoms with Crippen LogP contribution in [0.1, 0.15) is 5.56 Å². The SMILES string of the molecule is c1cc2ccc3c(c2nn1)NCC3. The smallest absolute Gasteiger partial charge is 0.116 e. The average molecular weight is 171 g/mol. The summed E-state index contributed by atoms with van der Waals surface area (Å²) in [6, 6.07) is 6.26. The summed E-state index contributed by atoms with van der Waals surface area (Å²) in [5, 5.41) is 12.5. The molecule has 3 nitrogen and oxygen atoms in total. The van der Waals surface area contributed by atoms with E-state index >= 15 is 0 Å². The van der Waals surface area contributed by atoms with E-state index in [1.165, 1.54) is 11.3 Å². The topological polar surface area (TPSA) is 37.8 Å². The van der Waals surface area contributed by atoms with Gasteiger partial charge in [-0.05, 0) is 18.1 Å². The number of hydrogen-bond donors (Lipinski definition) is 1. The molecule has 1 aliphatic heterocycles. The first-order chi connectivity index (χ1) is 6.45. The van der Waals surface area contributed by atoms with Crippen LogP contribution in [0.4, 0.5) is 5.69 Å². The summed E-state index contributed by atoms with van der Waals surface area (Å²) >= 11 is 0. The van der Waals surface area contributed by atoms with Gasteiger partial charge in [-0.3, -0.25) is 0 Å². The van der Waals surface area contributed by atoms with Gasteiger partial charge in [0.1, 0.15) is 5.52 Å². The molecule has 0 saturated carbocycles. The Bertz CT molecular complexity index is 465. The minimum atomic E-state index is 0.998. The second-order valence-electron chi connectivity index (χ2n) is 3.25. The molecular weight excluding hydrogens is 162 g/mol. The molecule has 2 aromatic rings. The van der Waals surface area contributed by atoms with Crippen LogP contribution in [0, 0.1) is 0 Å². The average Bonchev–Trinajstić information content (AvgIpc) is 2.65. The molecule has 0 fully saturated rings. The highest BCUT2D eigenvalue weighted by atomic mass is 15.1. The molecule has 0 amide bonds. The number of aromatic nitrogens is 2. The maximum absolute atomic E-state index is 4.14. The lowest BCUT2D eigenvalue weighted by atomic mass is 10.1. The van der Waals surface area contributed by atoms with Gasteiger partial charge in [-0.15, -0.1) is 5.10 Å². The van der Waals surface area contributed by atoms with Crippen molar-refractivity contribution in [3.8, 4) is 0 Å². The van der Waals surface area contributed by atoms with Crippen LogP contribution in [0.15, 0.2) is 24.4 Å². The van der Waals surface area contributed by atoms with Crippen molar-refractivity contribution in [3.05, 3.63) is 30.0 Å². The molecule has 3 heteroatoms. The van der Waals surface area contributed by atoms with Gasteiger partial charge in [0.25, 0.3) is 0 Å². The van der Waals surface area contributed by atoms with Crippen LogP contribution in [0.3, 0.4) is 0 Å². The van der Waals surface area contributed by atoms with Crippen molar-refractivity contribution in [1.29, 1.82) is 0 Å². The Kier molecular flexibility index (Phi) is 1.27. The fraction of sp³-hybridized carbons (Fsp3) is 0.200. The number of nitrogens with zero attached hydrogens (tertiary/aromatic N) is 2. The molecule has 0 aliphatic carbocycles. The van der Waals surface area contributed by atoms with Crippen molar-refractivity contribution in [2.45, 2.75) is 6.42 Å². The fourth-order valence-electron chi connectivity index (χ4n) is 1.82. The Balaban J connectivity index is 2.43.